The number of guanidine groups is 1. The zero-order chi connectivity index (χ0) is 17.5. The summed E-state index contributed by atoms with van der Waals surface area (Å²) in [5.74, 6) is -0.326. The molecule has 0 heterocycles. The lowest BCUT2D eigenvalue weighted by atomic mass is 10.1. The largest absolute Gasteiger partial charge is 0.406 e. The lowest BCUT2D eigenvalue weighted by molar-refractivity contribution is -0.157. The van der Waals surface area contributed by atoms with Crippen molar-refractivity contribution < 1.29 is 18.0 Å². The molecule has 128 valence electrons. The highest BCUT2D eigenvalue weighted by Crippen LogP contribution is 2.15. The fourth-order valence-corrected chi connectivity index (χ4v) is 1.88. The number of halogens is 3. The maximum Gasteiger partial charge on any atom is 0.406 e. The van der Waals surface area contributed by atoms with Gasteiger partial charge in [0.15, 0.2) is 5.96 Å². The molecule has 1 aromatic rings. The Morgan fingerprint density at radius 1 is 1.30 bits per heavy atom. The first kappa shape index (κ1) is 18.8. The van der Waals surface area contributed by atoms with E-state index in [9.17, 15) is 18.0 Å². The van der Waals surface area contributed by atoms with E-state index in [2.05, 4.69) is 15.6 Å². The van der Waals surface area contributed by atoms with Crippen LogP contribution in [0.5, 0.6) is 0 Å². The molecule has 1 aromatic carbocycles. The summed E-state index contributed by atoms with van der Waals surface area (Å²) in [4.78, 5) is 16.3. The average molecular weight is 330 g/mol. The summed E-state index contributed by atoms with van der Waals surface area (Å²) >= 11 is 0. The molecule has 8 heteroatoms. The Kier molecular flexibility index (Phi) is 6.87. The molecule has 1 amide bonds. The lowest BCUT2D eigenvalue weighted by Gasteiger charge is -2.21. The van der Waals surface area contributed by atoms with Crippen LogP contribution >= 0.6 is 0 Å². The Balaban J connectivity index is 2.50. The van der Waals surface area contributed by atoms with Gasteiger partial charge >= 0.3 is 6.18 Å². The highest BCUT2D eigenvalue weighted by atomic mass is 19.4. The number of nitrogens with zero attached hydrogens (tertiary/aromatic N) is 2. The molecule has 5 nitrogen and oxygen atoms in total. The first-order valence-corrected chi connectivity index (χ1v) is 7.05. The van der Waals surface area contributed by atoms with E-state index in [0.29, 0.717) is 10.9 Å². The number of aliphatic imine (C=N–C) groups is 1. The van der Waals surface area contributed by atoms with E-state index in [1.807, 2.05) is 37.3 Å². The monoisotopic (exact) mass is 330 g/mol. The van der Waals surface area contributed by atoms with Gasteiger partial charge in [-0.25, -0.2) is 0 Å². The Morgan fingerprint density at radius 2 is 1.91 bits per heavy atom. The Labute approximate surface area is 133 Å². The number of alkyl halides is 3. The van der Waals surface area contributed by atoms with Gasteiger partial charge in [0.1, 0.15) is 6.54 Å². The van der Waals surface area contributed by atoms with Crippen LogP contribution in [0, 0.1) is 0 Å². The Hall–Kier alpha value is -2.25. The van der Waals surface area contributed by atoms with E-state index in [4.69, 9.17) is 0 Å². The van der Waals surface area contributed by atoms with Crippen LogP contribution in [0.3, 0.4) is 0 Å². The van der Waals surface area contributed by atoms with Crippen molar-refractivity contribution in [2.75, 3.05) is 27.2 Å². The highest BCUT2D eigenvalue weighted by Gasteiger charge is 2.31. The van der Waals surface area contributed by atoms with Crippen molar-refractivity contribution in [1.82, 2.24) is 15.5 Å². The quantitative estimate of drug-likeness (QED) is 0.641. The van der Waals surface area contributed by atoms with Gasteiger partial charge in [0, 0.05) is 14.1 Å². The van der Waals surface area contributed by atoms with Crippen molar-refractivity contribution in [3.63, 3.8) is 0 Å². The first-order valence-electron chi connectivity index (χ1n) is 7.05. The van der Waals surface area contributed by atoms with Crippen molar-refractivity contribution in [3.05, 3.63) is 35.9 Å². The summed E-state index contributed by atoms with van der Waals surface area (Å²) in [5, 5.41) is 5.79. The summed E-state index contributed by atoms with van der Waals surface area (Å²) in [6.45, 7) is 0.369. The fraction of sp³-hybridized carbons (Fsp3) is 0.467. The minimum absolute atomic E-state index is 0.0644. The molecule has 0 aliphatic heterocycles. The van der Waals surface area contributed by atoms with Crippen LogP contribution in [0.2, 0.25) is 0 Å². The molecule has 0 bridgehead atoms. The summed E-state index contributed by atoms with van der Waals surface area (Å²) in [5.41, 5.74) is 1.02. The second kappa shape index (κ2) is 8.40. The predicted molar refractivity (Wildman–Crippen MR) is 83.0 cm³/mol. The van der Waals surface area contributed by atoms with E-state index in [0.717, 1.165) is 12.6 Å². The van der Waals surface area contributed by atoms with E-state index >= 15 is 0 Å². The standard InChI is InChI=1S/C15H21F3N4O/c1-11(12-7-5-4-6-8-12)21-14(19-2)20-9-13(23)22(3)10-15(16,17)18/h4-8,11H,9-10H2,1-3H3,(H2,19,20,21). The number of carbonyl (C=O) groups is 1. The van der Waals surface area contributed by atoms with Crippen molar-refractivity contribution in [1.29, 1.82) is 0 Å². The number of hydrogen-bond donors (Lipinski definition) is 2. The summed E-state index contributed by atoms with van der Waals surface area (Å²) in [7, 11) is 2.64. The zero-order valence-corrected chi connectivity index (χ0v) is 13.3. The van der Waals surface area contributed by atoms with Crippen LogP contribution in [0.1, 0.15) is 18.5 Å². The number of amides is 1. The summed E-state index contributed by atoms with van der Waals surface area (Å²) in [6, 6.07) is 9.52. The molecule has 1 unspecified atom stereocenters. The molecule has 0 radical (unpaired) electrons. The summed E-state index contributed by atoms with van der Waals surface area (Å²) < 4.78 is 36.7. The Morgan fingerprint density at radius 3 is 2.43 bits per heavy atom. The molecule has 23 heavy (non-hydrogen) atoms. The third-order valence-electron chi connectivity index (χ3n) is 3.13. The van der Waals surface area contributed by atoms with Gasteiger partial charge in [-0.2, -0.15) is 13.2 Å². The number of carbonyl (C=O) groups excluding carboxylic acids is 1. The number of nitrogens with one attached hydrogen (secondary N) is 2. The molecule has 1 rings (SSSR count). The lowest BCUT2D eigenvalue weighted by Crippen LogP contribution is -2.46. The average Bonchev–Trinajstić information content (AvgIpc) is 2.50. The van der Waals surface area contributed by atoms with Crippen LogP contribution in [0.4, 0.5) is 13.2 Å². The van der Waals surface area contributed by atoms with Crippen molar-refractivity contribution in [2.24, 2.45) is 4.99 Å². The third-order valence-corrected chi connectivity index (χ3v) is 3.13. The maximum atomic E-state index is 12.2. The van der Waals surface area contributed by atoms with Gasteiger partial charge < -0.3 is 15.5 Å². The van der Waals surface area contributed by atoms with Gasteiger partial charge in [-0.1, -0.05) is 30.3 Å². The van der Waals surface area contributed by atoms with Crippen molar-refractivity contribution in [2.45, 2.75) is 19.1 Å². The van der Waals surface area contributed by atoms with Gasteiger partial charge in [0.2, 0.25) is 5.91 Å². The second-order valence-electron chi connectivity index (χ2n) is 5.07. The van der Waals surface area contributed by atoms with Gasteiger partial charge in [0.05, 0.1) is 12.6 Å². The molecular formula is C15H21F3N4O. The molecule has 0 aromatic heterocycles. The molecular weight excluding hydrogens is 309 g/mol. The van der Waals surface area contributed by atoms with Crippen LogP contribution in [-0.4, -0.2) is 50.1 Å². The zero-order valence-electron chi connectivity index (χ0n) is 13.3. The molecule has 1 atom stereocenters. The third kappa shape index (κ3) is 7.03. The number of benzene rings is 1. The molecule has 2 N–H and O–H groups in total. The van der Waals surface area contributed by atoms with E-state index in [1.165, 1.54) is 7.05 Å². The minimum Gasteiger partial charge on any atom is -0.350 e. The molecule has 0 aliphatic rings. The number of likely N-dealkylation sites (N-methyl/N-ethyl adjacent to an activating group) is 1. The number of hydrogen-bond acceptors (Lipinski definition) is 2. The fourth-order valence-electron chi connectivity index (χ4n) is 1.88. The van der Waals surface area contributed by atoms with E-state index in [-0.39, 0.29) is 12.6 Å². The molecule has 0 saturated heterocycles. The molecule has 0 fully saturated rings. The second-order valence-corrected chi connectivity index (χ2v) is 5.07. The van der Waals surface area contributed by atoms with E-state index in [1.54, 1.807) is 0 Å². The van der Waals surface area contributed by atoms with Crippen molar-refractivity contribution >= 4 is 11.9 Å². The van der Waals surface area contributed by atoms with Crippen LogP contribution in [0.15, 0.2) is 35.3 Å². The number of rotatable bonds is 5. The molecule has 0 spiro atoms. The normalized spacial score (nSPS) is 13.4. The van der Waals surface area contributed by atoms with Crippen LogP contribution in [-0.2, 0) is 4.79 Å². The highest BCUT2D eigenvalue weighted by molar-refractivity contribution is 5.86. The minimum atomic E-state index is -4.41. The van der Waals surface area contributed by atoms with Crippen LogP contribution < -0.4 is 10.6 Å². The van der Waals surface area contributed by atoms with E-state index < -0.39 is 18.6 Å². The van der Waals surface area contributed by atoms with Crippen LogP contribution in [0.25, 0.3) is 0 Å². The smallest absolute Gasteiger partial charge is 0.350 e. The summed E-state index contributed by atoms with van der Waals surface area (Å²) in [6.07, 6.45) is -4.41. The van der Waals surface area contributed by atoms with Gasteiger partial charge in [-0.3, -0.25) is 9.79 Å². The SMILES string of the molecule is CN=C(NCC(=O)N(C)CC(F)(F)F)NC(C)c1ccccc1. The van der Waals surface area contributed by atoms with Gasteiger partial charge in [0.25, 0.3) is 0 Å². The predicted octanol–water partition coefficient (Wildman–Crippen LogP) is 1.93. The van der Waals surface area contributed by atoms with Gasteiger partial charge in [-0.05, 0) is 12.5 Å². The molecule has 0 aliphatic carbocycles. The Bertz CT molecular complexity index is 531. The molecule has 0 saturated carbocycles. The topological polar surface area (TPSA) is 56.7 Å². The van der Waals surface area contributed by atoms with Gasteiger partial charge in [-0.15, -0.1) is 0 Å². The maximum absolute atomic E-state index is 12.2. The first-order chi connectivity index (χ1) is 10.7. The van der Waals surface area contributed by atoms with Crippen molar-refractivity contribution in [3.8, 4) is 0 Å².